The maximum Gasteiger partial charge on any atom is 0.255 e. The lowest BCUT2D eigenvalue weighted by atomic mass is 9.87. The van der Waals surface area contributed by atoms with Crippen LogP contribution in [0.2, 0.25) is 0 Å². The molecule has 0 aliphatic carbocycles. The largest absolute Gasteiger partial charge is 0.384 e. The van der Waals surface area contributed by atoms with Crippen LogP contribution in [0.3, 0.4) is 0 Å². The molecule has 0 saturated heterocycles. The zero-order chi connectivity index (χ0) is 20.5. The zero-order valence-electron chi connectivity index (χ0n) is 16.8. The van der Waals surface area contributed by atoms with Gasteiger partial charge in [-0.05, 0) is 71.1 Å². The second-order valence-electron chi connectivity index (χ2n) is 7.98. The van der Waals surface area contributed by atoms with Gasteiger partial charge >= 0.3 is 0 Å². The summed E-state index contributed by atoms with van der Waals surface area (Å²) in [6, 6.07) is 17.6. The molecule has 3 aromatic rings. The molecule has 5 heteroatoms. The number of hydrogen-bond acceptors (Lipinski definition) is 3. The first-order chi connectivity index (χ1) is 13.9. The van der Waals surface area contributed by atoms with Crippen molar-refractivity contribution in [1.29, 1.82) is 5.41 Å². The SMILES string of the molecule is CC(C)[C@@H]1NCCc2ccc(NC(=O)c3ccc4cc(C(=N)N)ccc4c3)cc21. The fourth-order valence-corrected chi connectivity index (χ4v) is 4.01. The molecule has 1 aliphatic heterocycles. The van der Waals surface area contributed by atoms with Gasteiger partial charge in [0.15, 0.2) is 0 Å². The molecule has 5 nitrogen and oxygen atoms in total. The molecule has 1 aliphatic rings. The Hall–Kier alpha value is -3.18. The average Bonchev–Trinajstić information content (AvgIpc) is 2.72. The summed E-state index contributed by atoms with van der Waals surface area (Å²) in [6.45, 7) is 5.42. The van der Waals surface area contributed by atoms with E-state index in [1.54, 1.807) is 12.1 Å². The lowest BCUT2D eigenvalue weighted by Crippen LogP contribution is -2.33. The summed E-state index contributed by atoms with van der Waals surface area (Å²) in [5.41, 5.74) is 10.3. The van der Waals surface area contributed by atoms with Crippen LogP contribution in [0.4, 0.5) is 5.69 Å². The zero-order valence-corrected chi connectivity index (χ0v) is 16.8. The fourth-order valence-electron chi connectivity index (χ4n) is 4.01. The van der Waals surface area contributed by atoms with Gasteiger partial charge in [-0.2, -0.15) is 0 Å². The minimum absolute atomic E-state index is 0.0373. The smallest absolute Gasteiger partial charge is 0.255 e. The first-order valence-corrected chi connectivity index (χ1v) is 9.98. The van der Waals surface area contributed by atoms with Crippen molar-refractivity contribution in [2.45, 2.75) is 26.3 Å². The van der Waals surface area contributed by atoms with Crippen molar-refractivity contribution in [3.63, 3.8) is 0 Å². The van der Waals surface area contributed by atoms with E-state index in [0.29, 0.717) is 23.1 Å². The van der Waals surface area contributed by atoms with E-state index in [1.165, 1.54) is 11.1 Å². The number of rotatable bonds is 4. The van der Waals surface area contributed by atoms with Crippen LogP contribution in [0, 0.1) is 11.3 Å². The summed E-state index contributed by atoms with van der Waals surface area (Å²) < 4.78 is 0. The number of carbonyl (C=O) groups is 1. The Morgan fingerprint density at radius 3 is 2.45 bits per heavy atom. The Morgan fingerprint density at radius 2 is 1.76 bits per heavy atom. The van der Waals surface area contributed by atoms with Crippen molar-refractivity contribution in [2.75, 3.05) is 11.9 Å². The van der Waals surface area contributed by atoms with Crippen molar-refractivity contribution in [2.24, 2.45) is 11.7 Å². The number of anilines is 1. The van der Waals surface area contributed by atoms with Gasteiger partial charge in [-0.15, -0.1) is 0 Å². The molecule has 0 spiro atoms. The van der Waals surface area contributed by atoms with Crippen molar-refractivity contribution >= 4 is 28.2 Å². The Labute approximate surface area is 170 Å². The highest BCUT2D eigenvalue weighted by molar-refractivity contribution is 6.07. The summed E-state index contributed by atoms with van der Waals surface area (Å²) in [5.74, 6) is 0.392. The maximum absolute atomic E-state index is 12.8. The van der Waals surface area contributed by atoms with Crippen molar-refractivity contribution < 1.29 is 4.79 Å². The van der Waals surface area contributed by atoms with Crippen molar-refractivity contribution in [1.82, 2.24) is 5.32 Å². The van der Waals surface area contributed by atoms with Gasteiger partial charge in [-0.1, -0.05) is 38.1 Å². The van der Waals surface area contributed by atoms with Gasteiger partial charge in [-0.25, -0.2) is 0 Å². The van der Waals surface area contributed by atoms with E-state index < -0.39 is 0 Å². The molecule has 0 aromatic heterocycles. The molecular formula is C24H26N4O. The van der Waals surface area contributed by atoms with Crippen LogP contribution >= 0.6 is 0 Å². The van der Waals surface area contributed by atoms with Gasteiger partial charge in [0.25, 0.3) is 5.91 Å². The molecule has 1 amide bonds. The third-order valence-electron chi connectivity index (χ3n) is 5.58. The second kappa shape index (κ2) is 7.68. The molecule has 29 heavy (non-hydrogen) atoms. The van der Waals surface area contributed by atoms with Crippen LogP contribution in [0.15, 0.2) is 54.6 Å². The van der Waals surface area contributed by atoms with E-state index in [1.807, 2.05) is 30.3 Å². The van der Waals surface area contributed by atoms with Crippen LogP contribution in [0.25, 0.3) is 10.8 Å². The predicted octanol–water partition coefficient (Wildman–Crippen LogP) is 4.22. The topological polar surface area (TPSA) is 91.0 Å². The molecule has 0 fully saturated rings. The average molecular weight is 386 g/mol. The van der Waals surface area contributed by atoms with E-state index in [9.17, 15) is 4.79 Å². The minimum atomic E-state index is -0.132. The van der Waals surface area contributed by atoms with E-state index in [4.69, 9.17) is 11.1 Å². The summed E-state index contributed by atoms with van der Waals surface area (Å²) in [5, 5.41) is 16.1. The Bertz CT molecular complexity index is 1100. The van der Waals surface area contributed by atoms with E-state index >= 15 is 0 Å². The quantitative estimate of drug-likeness (QED) is 0.400. The molecule has 1 heterocycles. The first kappa shape index (κ1) is 19.2. The van der Waals surface area contributed by atoms with Crippen LogP contribution < -0.4 is 16.4 Å². The third-order valence-corrected chi connectivity index (χ3v) is 5.58. The number of fused-ring (bicyclic) bond motifs is 2. The number of nitrogens with two attached hydrogens (primary N) is 1. The number of nitrogen functional groups attached to an aromatic ring is 1. The van der Waals surface area contributed by atoms with Gasteiger partial charge in [0.1, 0.15) is 5.84 Å². The maximum atomic E-state index is 12.8. The summed E-state index contributed by atoms with van der Waals surface area (Å²) >= 11 is 0. The lowest BCUT2D eigenvalue weighted by Gasteiger charge is -2.30. The molecule has 4 rings (SSSR count). The van der Waals surface area contributed by atoms with E-state index in [2.05, 4.69) is 36.6 Å². The molecule has 5 N–H and O–H groups in total. The second-order valence-corrected chi connectivity index (χ2v) is 7.98. The Balaban J connectivity index is 1.58. The number of amidine groups is 1. The van der Waals surface area contributed by atoms with E-state index in [0.717, 1.165) is 29.4 Å². The molecule has 148 valence electrons. The molecular weight excluding hydrogens is 360 g/mol. The minimum Gasteiger partial charge on any atom is -0.384 e. The molecule has 0 radical (unpaired) electrons. The van der Waals surface area contributed by atoms with Crippen molar-refractivity contribution in [3.8, 4) is 0 Å². The summed E-state index contributed by atoms with van der Waals surface area (Å²) in [6.07, 6.45) is 1.01. The number of nitrogens with one attached hydrogen (secondary N) is 3. The number of carbonyl (C=O) groups excluding carboxylic acids is 1. The van der Waals surface area contributed by atoms with Crippen LogP contribution in [-0.4, -0.2) is 18.3 Å². The molecule has 0 bridgehead atoms. The highest BCUT2D eigenvalue weighted by Gasteiger charge is 2.23. The molecule has 1 atom stereocenters. The standard InChI is InChI=1S/C24H26N4O/c1-14(2)22-21-13-20(8-7-15(21)9-10-27-22)28-24(29)19-6-4-16-11-18(23(25)26)5-3-17(16)12-19/h3-8,11-14,22,27H,9-10H2,1-2H3,(H3,25,26)(H,28,29)/t22-/m0/s1. The predicted molar refractivity (Wildman–Crippen MR) is 119 cm³/mol. The van der Waals surface area contributed by atoms with E-state index in [-0.39, 0.29) is 11.7 Å². The molecule has 0 unspecified atom stereocenters. The monoisotopic (exact) mass is 386 g/mol. The van der Waals surface area contributed by atoms with Gasteiger partial charge in [0.05, 0.1) is 0 Å². The number of benzene rings is 3. The van der Waals surface area contributed by atoms with Gasteiger partial charge in [0, 0.05) is 22.9 Å². The van der Waals surface area contributed by atoms with Gasteiger partial charge in [0.2, 0.25) is 0 Å². The molecule has 3 aromatic carbocycles. The van der Waals surface area contributed by atoms with Crippen LogP contribution in [0.1, 0.15) is 46.9 Å². The summed E-state index contributed by atoms with van der Waals surface area (Å²) in [4.78, 5) is 12.8. The highest BCUT2D eigenvalue weighted by atomic mass is 16.1. The fraction of sp³-hybridized carbons (Fsp3) is 0.250. The lowest BCUT2D eigenvalue weighted by molar-refractivity contribution is 0.102. The van der Waals surface area contributed by atoms with Crippen LogP contribution in [0.5, 0.6) is 0 Å². The van der Waals surface area contributed by atoms with Gasteiger partial charge in [-0.3, -0.25) is 10.2 Å². The number of hydrogen-bond donors (Lipinski definition) is 4. The number of amides is 1. The molecule has 0 saturated carbocycles. The third kappa shape index (κ3) is 3.87. The normalized spacial score (nSPS) is 15.9. The highest BCUT2D eigenvalue weighted by Crippen LogP contribution is 2.31. The first-order valence-electron chi connectivity index (χ1n) is 9.98. The van der Waals surface area contributed by atoms with Gasteiger partial charge < -0.3 is 16.4 Å². The summed E-state index contributed by atoms with van der Waals surface area (Å²) in [7, 11) is 0. The Morgan fingerprint density at radius 1 is 1.07 bits per heavy atom. The Kier molecular flexibility index (Phi) is 5.07. The van der Waals surface area contributed by atoms with Crippen LogP contribution in [-0.2, 0) is 6.42 Å². The van der Waals surface area contributed by atoms with Crippen molar-refractivity contribution in [3.05, 3.63) is 76.9 Å².